The van der Waals surface area contributed by atoms with Crippen molar-refractivity contribution in [2.45, 2.75) is 12.1 Å². The van der Waals surface area contributed by atoms with E-state index in [0.717, 1.165) is 12.1 Å². The molecule has 1 aromatic carbocycles. The van der Waals surface area contributed by atoms with Crippen molar-refractivity contribution < 1.29 is 17.9 Å². The predicted octanol–water partition coefficient (Wildman–Crippen LogP) is 4.70. The second-order valence-corrected chi connectivity index (χ2v) is 5.46. The number of benzene rings is 1. The third kappa shape index (κ3) is 3.61. The highest BCUT2D eigenvalue weighted by molar-refractivity contribution is 6.16. The van der Waals surface area contributed by atoms with Gasteiger partial charge in [-0.25, -0.2) is 9.97 Å². The van der Waals surface area contributed by atoms with Crippen molar-refractivity contribution in [1.82, 2.24) is 14.5 Å². The number of rotatable bonds is 4. The van der Waals surface area contributed by atoms with Crippen molar-refractivity contribution in [2.24, 2.45) is 0 Å². The van der Waals surface area contributed by atoms with Gasteiger partial charge in [0.25, 0.3) is 0 Å². The third-order valence-electron chi connectivity index (χ3n) is 3.57. The quantitative estimate of drug-likeness (QED) is 0.627. The van der Waals surface area contributed by atoms with Crippen molar-refractivity contribution in [3.63, 3.8) is 0 Å². The molecule has 0 N–H and O–H groups in total. The van der Waals surface area contributed by atoms with Gasteiger partial charge in [0.2, 0.25) is 5.88 Å². The zero-order chi connectivity index (χ0) is 18.0. The van der Waals surface area contributed by atoms with Crippen molar-refractivity contribution in [3.8, 4) is 23.0 Å². The van der Waals surface area contributed by atoms with Gasteiger partial charge in [-0.3, -0.25) is 4.57 Å². The van der Waals surface area contributed by atoms with Gasteiger partial charge in [0.05, 0.1) is 36.1 Å². The maximum absolute atomic E-state index is 12.7. The van der Waals surface area contributed by atoms with E-state index in [9.17, 15) is 13.2 Å². The van der Waals surface area contributed by atoms with E-state index in [0.29, 0.717) is 28.6 Å². The minimum absolute atomic E-state index is 0.185. The van der Waals surface area contributed by atoms with E-state index in [-0.39, 0.29) is 5.88 Å². The van der Waals surface area contributed by atoms with Crippen LogP contribution in [0, 0.1) is 0 Å². The van der Waals surface area contributed by atoms with Crippen LogP contribution in [0.2, 0.25) is 0 Å². The summed E-state index contributed by atoms with van der Waals surface area (Å²) in [5.41, 5.74) is 1.13. The number of aromatic nitrogens is 3. The topological polar surface area (TPSA) is 39.9 Å². The number of halogens is 4. The molecule has 3 aromatic rings. The van der Waals surface area contributed by atoms with E-state index in [2.05, 4.69) is 9.97 Å². The van der Waals surface area contributed by atoms with Gasteiger partial charge >= 0.3 is 6.18 Å². The molecule has 0 atom stereocenters. The number of hydrogen-bond acceptors (Lipinski definition) is 3. The van der Waals surface area contributed by atoms with Crippen molar-refractivity contribution in [2.75, 3.05) is 7.11 Å². The predicted molar refractivity (Wildman–Crippen MR) is 87.9 cm³/mol. The van der Waals surface area contributed by atoms with Crippen LogP contribution in [0.15, 0.2) is 48.8 Å². The SMILES string of the molecule is COc1ccc(-n2cc(CCl)nc2-c2ccc(C(F)(F)F)cc2)cn1. The zero-order valence-electron chi connectivity index (χ0n) is 13.1. The maximum atomic E-state index is 12.7. The smallest absolute Gasteiger partial charge is 0.416 e. The first kappa shape index (κ1) is 17.3. The number of ether oxygens (including phenoxy) is 1. The first-order chi connectivity index (χ1) is 11.9. The highest BCUT2D eigenvalue weighted by Crippen LogP contribution is 2.31. The summed E-state index contributed by atoms with van der Waals surface area (Å²) in [6.07, 6.45) is -1.06. The lowest BCUT2D eigenvalue weighted by Gasteiger charge is -2.10. The van der Waals surface area contributed by atoms with Crippen molar-refractivity contribution in [3.05, 3.63) is 60.0 Å². The summed E-state index contributed by atoms with van der Waals surface area (Å²) < 4.78 is 45.0. The summed E-state index contributed by atoms with van der Waals surface area (Å²) >= 11 is 5.86. The normalized spacial score (nSPS) is 11.6. The lowest BCUT2D eigenvalue weighted by molar-refractivity contribution is -0.137. The highest BCUT2D eigenvalue weighted by Gasteiger charge is 2.30. The number of alkyl halides is 4. The summed E-state index contributed by atoms with van der Waals surface area (Å²) in [7, 11) is 1.51. The molecule has 0 aliphatic carbocycles. The Morgan fingerprint density at radius 1 is 1.12 bits per heavy atom. The Morgan fingerprint density at radius 2 is 1.84 bits per heavy atom. The van der Waals surface area contributed by atoms with Gasteiger partial charge in [-0.15, -0.1) is 11.6 Å². The molecule has 0 fully saturated rings. The van der Waals surface area contributed by atoms with Crippen molar-refractivity contribution >= 4 is 11.6 Å². The summed E-state index contributed by atoms with van der Waals surface area (Å²) in [6.45, 7) is 0. The Kier molecular flexibility index (Phi) is 4.67. The fourth-order valence-electron chi connectivity index (χ4n) is 2.34. The molecule has 25 heavy (non-hydrogen) atoms. The Labute approximate surface area is 146 Å². The molecular formula is C17H13ClF3N3O. The Balaban J connectivity index is 2.05. The largest absolute Gasteiger partial charge is 0.481 e. The van der Waals surface area contributed by atoms with Crippen LogP contribution in [0.1, 0.15) is 11.3 Å². The van der Waals surface area contributed by atoms with E-state index < -0.39 is 11.7 Å². The van der Waals surface area contributed by atoms with Crippen LogP contribution in [0.5, 0.6) is 5.88 Å². The van der Waals surface area contributed by atoms with Crippen molar-refractivity contribution in [1.29, 1.82) is 0 Å². The van der Waals surface area contributed by atoms with E-state index in [4.69, 9.17) is 16.3 Å². The van der Waals surface area contributed by atoms with E-state index in [1.165, 1.54) is 19.2 Å². The summed E-state index contributed by atoms with van der Waals surface area (Å²) in [4.78, 5) is 8.54. The number of imidazole rings is 1. The van der Waals surface area contributed by atoms with Crippen LogP contribution >= 0.6 is 11.6 Å². The first-order valence-electron chi connectivity index (χ1n) is 7.24. The van der Waals surface area contributed by atoms with E-state index in [1.807, 2.05) is 0 Å². The van der Waals surface area contributed by atoms with Gasteiger partial charge in [0.1, 0.15) is 5.82 Å². The standard InChI is InChI=1S/C17H13ClF3N3O/c1-25-15-7-6-14(9-22-15)24-10-13(8-18)23-16(24)11-2-4-12(5-3-11)17(19,20)21/h2-7,9-10H,8H2,1H3. The number of hydrogen-bond donors (Lipinski definition) is 0. The summed E-state index contributed by atoms with van der Waals surface area (Å²) in [5.74, 6) is 1.12. The summed E-state index contributed by atoms with van der Waals surface area (Å²) in [6, 6.07) is 8.29. The lowest BCUT2D eigenvalue weighted by atomic mass is 10.1. The lowest BCUT2D eigenvalue weighted by Crippen LogP contribution is -2.04. The fraction of sp³-hybridized carbons (Fsp3) is 0.176. The molecule has 0 saturated carbocycles. The van der Waals surface area contributed by atoms with Crippen LogP contribution in [-0.4, -0.2) is 21.6 Å². The van der Waals surface area contributed by atoms with Gasteiger partial charge < -0.3 is 4.74 Å². The Hall–Kier alpha value is -2.54. The molecule has 0 radical (unpaired) electrons. The van der Waals surface area contributed by atoms with Crippen LogP contribution in [0.25, 0.3) is 17.1 Å². The molecule has 0 bridgehead atoms. The summed E-state index contributed by atoms with van der Waals surface area (Å²) in [5, 5.41) is 0. The Morgan fingerprint density at radius 3 is 2.36 bits per heavy atom. The number of nitrogens with zero attached hydrogens (tertiary/aromatic N) is 3. The molecule has 4 nitrogen and oxygen atoms in total. The average molecular weight is 368 g/mol. The molecule has 130 valence electrons. The first-order valence-corrected chi connectivity index (χ1v) is 7.78. The van der Waals surface area contributed by atoms with Crippen LogP contribution in [0.3, 0.4) is 0 Å². The molecule has 0 saturated heterocycles. The van der Waals surface area contributed by atoms with E-state index in [1.54, 1.807) is 29.1 Å². The van der Waals surface area contributed by atoms with Crippen LogP contribution in [-0.2, 0) is 12.1 Å². The number of pyridine rings is 1. The molecule has 0 spiro atoms. The second-order valence-electron chi connectivity index (χ2n) is 5.19. The van der Waals surface area contributed by atoms with Gasteiger partial charge in [0, 0.05) is 17.8 Å². The van der Waals surface area contributed by atoms with Crippen LogP contribution in [0.4, 0.5) is 13.2 Å². The molecule has 8 heteroatoms. The highest BCUT2D eigenvalue weighted by atomic mass is 35.5. The minimum atomic E-state index is -4.38. The van der Waals surface area contributed by atoms with E-state index >= 15 is 0 Å². The molecular weight excluding hydrogens is 355 g/mol. The molecule has 3 rings (SSSR count). The van der Waals surface area contributed by atoms with Crippen LogP contribution < -0.4 is 4.74 Å². The zero-order valence-corrected chi connectivity index (χ0v) is 13.8. The molecule has 0 aliphatic heterocycles. The van der Waals surface area contributed by atoms with Gasteiger partial charge in [-0.2, -0.15) is 13.2 Å². The van der Waals surface area contributed by atoms with Gasteiger partial charge in [-0.05, 0) is 18.2 Å². The fourth-order valence-corrected chi connectivity index (χ4v) is 2.47. The molecule has 0 amide bonds. The molecule has 2 heterocycles. The minimum Gasteiger partial charge on any atom is -0.481 e. The second kappa shape index (κ2) is 6.76. The average Bonchev–Trinajstić information content (AvgIpc) is 3.05. The Bertz CT molecular complexity index is 858. The van der Waals surface area contributed by atoms with Gasteiger partial charge in [-0.1, -0.05) is 12.1 Å². The van der Waals surface area contributed by atoms with Gasteiger partial charge in [0.15, 0.2) is 0 Å². The third-order valence-corrected chi connectivity index (χ3v) is 3.85. The number of methoxy groups -OCH3 is 1. The monoisotopic (exact) mass is 367 g/mol. The molecule has 0 aliphatic rings. The maximum Gasteiger partial charge on any atom is 0.416 e. The molecule has 2 aromatic heterocycles. The molecule has 0 unspecified atom stereocenters.